The maximum Gasteiger partial charge on any atom is 0.222 e. The molecule has 2 aromatic rings. The number of hydrogen-bond donors (Lipinski definition) is 0. The van der Waals surface area contributed by atoms with Gasteiger partial charge >= 0.3 is 0 Å². The van der Waals surface area contributed by atoms with Gasteiger partial charge in [-0.05, 0) is 30.9 Å². The van der Waals surface area contributed by atoms with Crippen LogP contribution in [-0.2, 0) is 29.0 Å². The molecule has 0 atom stereocenters. The first-order chi connectivity index (χ1) is 15.3. The van der Waals surface area contributed by atoms with Crippen molar-refractivity contribution in [1.82, 2.24) is 14.9 Å². The summed E-state index contributed by atoms with van der Waals surface area (Å²) in [5.41, 5.74) is 5.94. The quantitative estimate of drug-likeness (QED) is 0.621. The average Bonchev–Trinajstić information content (AvgIpc) is 2.77. The molecule has 0 aliphatic carbocycles. The van der Waals surface area contributed by atoms with Crippen molar-refractivity contribution in [3.05, 3.63) is 52.0 Å². The number of aryl methyl sites for hydroxylation is 2. The number of rotatable bonds is 8. The Hall–Kier alpha value is -2.47. The number of aromatic nitrogens is 2. The Labute approximate surface area is 193 Å². The molecule has 1 saturated heterocycles. The van der Waals surface area contributed by atoms with Gasteiger partial charge in [-0.2, -0.15) is 0 Å². The lowest BCUT2D eigenvalue weighted by molar-refractivity contribution is -0.131. The van der Waals surface area contributed by atoms with Crippen molar-refractivity contribution in [2.45, 2.75) is 60.5 Å². The van der Waals surface area contributed by atoms with Gasteiger partial charge in [-0.25, -0.2) is 9.97 Å². The Morgan fingerprint density at radius 2 is 1.84 bits per heavy atom. The van der Waals surface area contributed by atoms with Gasteiger partial charge in [0.05, 0.1) is 12.3 Å². The summed E-state index contributed by atoms with van der Waals surface area (Å²) in [5, 5.41) is 0. The van der Waals surface area contributed by atoms with Gasteiger partial charge in [0.1, 0.15) is 11.6 Å². The minimum atomic E-state index is 0.225. The van der Waals surface area contributed by atoms with Crippen LogP contribution in [-0.4, -0.2) is 54.1 Å². The molecule has 0 unspecified atom stereocenters. The topological polar surface area (TPSA) is 58.6 Å². The van der Waals surface area contributed by atoms with Crippen molar-refractivity contribution < 1.29 is 9.53 Å². The molecule has 0 bridgehead atoms. The zero-order valence-electron chi connectivity index (χ0n) is 20.6. The predicted octanol–water partition coefficient (Wildman–Crippen LogP) is 4.09. The van der Waals surface area contributed by atoms with Gasteiger partial charge < -0.3 is 14.5 Å². The highest BCUT2D eigenvalue weighted by Gasteiger charge is 2.25. The number of methoxy groups -OCH3 is 1. The number of hydrogen-bond acceptors (Lipinski definition) is 5. The van der Waals surface area contributed by atoms with Crippen LogP contribution in [0.2, 0.25) is 0 Å². The van der Waals surface area contributed by atoms with E-state index in [-0.39, 0.29) is 5.91 Å². The lowest BCUT2D eigenvalue weighted by Gasteiger charge is -2.36. The molecular weight excluding hydrogens is 400 g/mol. The number of benzene rings is 1. The Balaban J connectivity index is 2.02. The van der Waals surface area contributed by atoms with Crippen molar-refractivity contribution in [2.24, 2.45) is 5.92 Å². The molecule has 3 rings (SSSR count). The van der Waals surface area contributed by atoms with E-state index in [9.17, 15) is 4.79 Å². The number of carbonyl (C=O) groups excluding carboxylic acids is 1. The van der Waals surface area contributed by atoms with Crippen molar-refractivity contribution >= 4 is 11.7 Å². The van der Waals surface area contributed by atoms with Crippen molar-refractivity contribution in [1.29, 1.82) is 0 Å². The first kappa shape index (κ1) is 24.2. The second kappa shape index (κ2) is 10.9. The van der Waals surface area contributed by atoms with E-state index < -0.39 is 0 Å². The first-order valence-electron chi connectivity index (χ1n) is 11.8. The zero-order valence-corrected chi connectivity index (χ0v) is 20.6. The van der Waals surface area contributed by atoms with E-state index in [0.717, 1.165) is 61.9 Å². The second-order valence-corrected chi connectivity index (χ2v) is 9.25. The van der Waals surface area contributed by atoms with Crippen LogP contribution in [0.15, 0.2) is 18.2 Å². The molecule has 1 fully saturated rings. The molecule has 6 nitrogen and oxygen atoms in total. The fourth-order valence-electron chi connectivity index (χ4n) is 4.29. The van der Waals surface area contributed by atoms with Crippen LogP contribution in [0.1, 0.15) is 61.0 Å². The van der Waals surface area contributed by atoms with Gasteiger partial charge in [0.2, 0.25) is 5.91 Å². The molecule has 1 amide bonds. The molecule has 1 aliphatic heterocycles. The van der Waals surface area contributed by atoms with E-state index in [4.69, 9.17) is 14.7 Å². The number of amides is 1. The summed E-state index contributed by atoms with van der Waals surface area (Å²) in [4.78, 5) is 26.5. The predicted molar refractivity (Wildman–Crippen MR) is 129 cm³/mol. The Morgan fingerprint density at radius 1 is 1.12 bits per heavy atom. The molecule has 0 spiro atoms. The minimum absolute atomic E-state index is 0.225. The summed E-state index contributed by atoms with van der Waals surface area (Å²) in [5.74, 6) is 2.58. The molecule has 6 heteroatoms. The smallest absolute Gasteiger partial charge is 0.222 e. The Bertz CT molecular complexity index is 934. The van der Waals surface area contributed by atoms with Gasteiger partial charge in [0.25, 0.3) is 0 Å². The van der Waals surface area contributed by atoms with Crippen molar-refractivity contribution in [3.63, 3.8) is 0 Å². The number of nitrogens with zero attached hydrogens (tertiary/aromatic N) is 4. The molecule has 1 aromatic carbocycles. The lowest BCUT2D eigenvalue weighted by atomic mass is 9.97. The van der Waals surface area contributed by atoms with Crippen LogP contribution in [0.3, 0.4) is 0 Å². The number of anilines is 1. The van der Waals surface area contributed by atoms with Crippen LogP contribution in [0.4, 0.5) is 5.82 Å². The average molecular weight is 439 g/mol. The molecule has 0 N–H and O–H groups in total. The monoisotopic (exact) mass is 438 g/mol. The molecule has 1 aliphatic rings. The zero-order chi connectivity index (χ0) is 23.3. The maximum absolute atomic E-state index is 12.2. The molecule has 32 heavy (non-hydrogen) atoms. The van der Waals surface area contributed by atoms with Gasteiger partial charge in [0.15, 0.2) is 0 Å². The summed E-state index contributed by atoms with van der Waals surface area (Å²) < 4.78 is 5.56. The summed E-state index contributed by atoms with van der Waals surface area (Å²) >= 11 is 0. The van der Waals surface area contributed by atoms with Crippen molar-refractivity contribution in [2.75, 3.05) is 38.2 Å². The third-order valence-corrected chi connectivity index (χ3v) is 6.10. The van der Waals surface area contributed by atoms with E-state index in [0.29, 0.717) is 18.9 Å². The van der Waals surface area contributed by atoms with Crippen LogP contribution >= 0.6 is 0 Å². The van der Waals surface area contributed by atoms with E-state index in [1.165, 1.54) is 16.7 Å². The molecule has 0 saturated carbocycles. The van der Waals surface area contributed by atoms with Gasteiger partial charge in [-0.1, -0.05) is 44.5 Å². The number of piperazine rings is 1. The Kier molecular flexibility index (Phi) is 8.24. The SMILES string of the molecule is CCC(=O)N1CCN(c2nc(CC(C)C)nc(COC)c2Cc2cc(C)ccc2C)CC1. The standard InChI is InChI=1S/C26H38N4O2/c1-7-25(31)29-10-12-30(13-11-29)26-22(16-21-15-19(4)8-9-20(21)5)23(17-32-6)27-24(28-26)14-18(2)3/h8-9,15,18H,7,10-14,16-17H2,1-6H3. The second-order valence-electron chi connectivity index (χ2n) is 9.25. The van der Waals surface area contributed by atoms with Crippen LogP contribution in [0.25, 0.3) is 0 Å². The Morgan fingerprint density at radius 3 is 2.47 bits per heavy atom. The largest absolute Gasteiger partial charge is 0.378 e. The summed E-state index contributed by atoms with van der Waals surface area (Å²) in [7, 11) is 1.72. The third-order valence-electron chi connectivity index (χ3n) is 6.10. The van der Waals surface area contributed by atoms with Gasteiger partial charge in [0, 0.05) is 58.1 Å². The minimum Gasteiger partial charge on any atom is -0.378 e. The van der Waals surface area contributed by atoms with Crippen LogP contribution in [0, 0.1) is 19.8 Å². The number of carbonyl (C=O) groups is 1. The molecule has 1 aromatic heterocycles. The molecular formula is C26H38N4O2. The van der Waals surface area contributed by atoms with E-state index in [2.05, 4.69) is 50.8 Å². The summed E-state index contributed by atoms with van der Waals surface area (Å²) in [6, 6.07) is 6.60. The molecule has 0 radical (unpaired) electrons. The molecule has 2 heterocycles. The van der Waals surface area contributed by atoms with E-state index in [1.54, 1.807) is 7.11 Å². The van der Waals surface area contributed by atoms with E-state index in [1.807, 2.05) is 11.8 Å². The first-order valence-corrected chi connectivity index (χ1v) is 11.8. The fraction of sp³-hybridized carbons (Fsp3) is 0.577. The highest BCUT2D eigenvalue weighted by Crippen LogP contribution is 2.28. The number of ether oxygens (including phenoxy) is 1. The third kappa shape index (κ3) is 5.85. The normalized spacial score (nSPS) is 14.3. The highest BCUT2D eigenvalue weighted by atomic mass is 16.5. The van der Waals surface area contributed by atoms with Crippen molar-refractivity contribution in [3.8, 4) is 0 Å². The van der Waals surface area contributed by atoms with Gasteiger partial charge in [-0.3, -0.25) is 4.79 Å². The maximum atomic E-state index is 12.2. The fourth-order valence-corrected chi connectivity index (χ4v) is 4.29. The van der Waals surface area contributed by atoms with Crippen LogP contribution in [0.5, 0.6) is 0 Å². The highest BCUT2D eigenvalue weighted by molar-refractivity contribution is 5.76. The summed E-state index contributed by atoms with van der Waals surface area (Å²) in [6.07, 6.45) is 2.17. The summed E-state index contributed by atoms with van der Waals surface area (Å²) in [6.45, 7) is 14.1. The van der Waals surface area contributed by atoms with E-state index >= 15 is 0 Å². The molecule has 174 valence electrons. The lowest BCUT2D eigenvalue weighted by Crippen LogP contribution is -2.49. The van der Waals surface area contributed by atoms with Crippen LogP contribution < -0.4 is 4.90 Å². The van der Waals surface area contributed by atoms with Gasteiger partial charge in [-0.15, -0.1) is 0 Å².